The Bertz CT molecular complexity index is 1020. The van der Waals surface area contributed by atoms with Crippen LogP contribution in [-0.2, 0) is 11.8 Å². The Morgan fingerprint density at radius 2 is 2.00 bits per heavy atom. The summed E-state index contributed by atoms with van der Waals surface area (Å²) in [7, 11) is 1.74. The molecule has 136 valence electrons. The van der Waals surface area contributed by atoms with Gasteiger partial charge in [0.15, 0.2) is 6.10 Å². The summed E-state index contributed by atoms with van der Waals surface area (Å²) in [6.45, 7) is 5.91. The first-order valence-electron chi connectivity index (χ1n) is 8.53. The van der Waals surface area contributed by atoms with Crippen LogP contribution in [0.3, 0.4) is 0 Å². The molecule has 1 amide bonds. The number of rotatable bonds is 5. The molecule has 0 bridgehead atoms. The number of hydrogen-bond acceptors (Lipinski definition) is 4. The molecule has 0 aliphatic heterocycles. The van der Waals surface area contributed by atoms with E-state index in [0.29, 0.717) is 17.9 Å². The average molecular weight is 370 g/mol. The minimum absolute atomic E-state index is 0.0203. The second-order valence-electron chi connectivity index (χ2n) is 6.38. The predicted octanol–water partition coefficient (Wildman–Crippen LogP) is 4.01. The molecule has 1 aromatic heterocycles. The van der Waals surface area contributed by atoms with Gasteiger partial charge in [-0.2, -0.15) is 0 Å². The van der Waals surface area contributed by atoms with E-state index in [2.05, 4.69) is 5.32 Å². The predicted molar refractivity (Wildman–Crippen MR) is 106 cm³/mol. The number of aryl methyl sites for hydroxylation is 3. The molecule has 0 radical (unpaired) electrons. The number of carbonyl (C=O) groups is 1. The van der Waals surface area contributed by atoms with Crippen molar-refractivity contribution in [3.05, 3.63) is 57.2 Å². The van der Waals surface area contributed by atoms with Gasteiger partial charge in [-0.3, -0.25) is 9.59 Å². The maximum atomic E-state index is 12.6. The van der Waals surface area contributed by atoms with Gasteiger partial charge in [-0.05, 0) is 50.1 Å². The van der Waals surface area contributed by atoms with E-state index in [4.69, 9.17) is 4.74 Å². The molecule has 3 rings (SSSR count). The normalized spacial score (nSPS) is 12.2. The largest absolute Gasteiger partial charge is 0.480 e. The van der Waals surface area contributed by atoms with Gasteiger partial charge in [0.1, 0.15) is 5.75 Å². The Balaban J connectivity index is 1.77. The summed E-state index contributed by atoms with van der Waals surface area (Å²) in [5.41, 5.74) is 3.68. The molecule has 0 aliphatic rings. The first kappa shape index (κ1) is 18.2. The summed E-state index contributed by atoms with van der Waals surface area (Å²) in [4.78, 5) is 24.4. The number of anilines is 1. The highest BCUT2D eigenvalue weighted by Gasteiger charge is 2.19. The Labute approximate surface area is 156 Å². The zero-order valence-corrected chi connectivity index (χ0v) is 16.1. The smallest absolute Gasteiger partial charge is 0.307 e. The van der Waals surface area contributed by atoms with E-state index < -0.39 is 6.10 Å². The number of fused-ring (bicyclic) bond motifs is 1. The summed E-state index contributed by atoms with van der Waals surface area (Å²) >= 11 is 1.16. The molecule has 1 N–H and O–H groups in total. The van der Waals surface area contributed by atoms with E-state index in [-0.39, 0.29) is 10.8 Å². The number of ether oxygens (including phenoxy) is 1. The molecule has 1 heterocycles. The SMILES string of the molecule is CC[C@@H](Oc1ccc(C)cc1C)C(=O)Nc1ccc2c(c1)sc(=O)n2C. The van der Waals surface area contributed by atoms with Crippen molar-refractivity contribution in [2.24, 2.45) is 7.05 Å². The van der Waals surface area contributed by atoms with Gasteiger partial charge in [0.2, 0.25) is 0 Å². The average Bonchev–Trinajstić information content (AvgIpc) is 2.88. The van der Waals surface area contributed by atoms with E-state index in [0.717, 1.165) is 32.7 Å². The Morgan fingerprint density at radius 1 is 1.23 bits per heavy atom. The molecular formula is C20H22N2O3S. The van der Waals surface area contributed by atoms with Crippen molar-refractivity contribution < 1.29 is 9.53 Å². The van der Waals surface area contributed by atoms with Crippen molar-refractivity contribution in [3.8, 4) is 5.75 Å². The van der Waals surface area contributed by atoms with Crippen molar-refractivity contribution >= 4 is 33.1 Å². The number of amides is 1. The van der Waals surface area contributed by atoms with Crippen LogP contribution in [0.2, 0.25) is 0 Å². The molecule has 0 aliphatic carbocycles. The van der Waals surface area contributed by atoms with Crippen LogP contribution in [-0.4, -0.2) is 16.6 Å². The van der Waals surface area contributed by atoms with Crippen LogP contribution in [0.1, 0.15) is 24.5 Å². The number of hydrogen-bond donors (Lipinski definition) is 1. The van der Waals surface area contributed by atoms with Gasteiger partial charge in [0, 0.05) is 12.7 Å². The van der Waals surface area contributed by atoms with Crippen LogP contribution in [0.15, 0.2) is 41.2 Å². The van der Waals surface area contributed by atoms with Crippen molar-refractivity contribution in [2.75, 3.05) is 5.32 Å². The highest BCUT2D eigenvalue weighted by Crippen LogP contribution is 2.23. The van der Waals surface area contributed by atoms with Crippen molar-refractivity contribution in [1.29, 1.82) is 0 Å². The van der Waals surface area contributed by atoms with Gasteiger partial charge in [-0.15, -0.1) is 0 Å². The van der Waals surface area contributed by atoms with Gasteiger partial charge in [0.25, 0.3) is 5.91 Å². The lowest BCUT2D eigenvalue weighted by atomic mass is 10.1. The number of nitrogens with one attached hydrogen (secondary N) is 1. The number of benzene rings is 2. The monoisotopic (exact) mass is 370 g/mol. The quantitative estimate of drug-likeness (QED) is 0.738. The molecule has 5 nitrogen and oxygen atoms in total. The lowest BCUT2D eigenvalue weighted by molar-refractivity contribution is -0.122. The van der Waals surface area contributed by atoms with Crippen molar-refractivity contribution in [3.63, 3.8) is 0 Å². The molecule has 0 unspecified atom stereocenters. The van der Waals surface area contributed by atoms with E-state index in [1.807, 2.05) is 51.1 Å². The summed E-state index contributed by atoms with van der Waals surface area (Å²) in [5, 5.41) is 2.90. The fourth-order valence-electron chi connectivity index (χ4n) is 2.84. The van der Waals surface area contributed by atoms with Crippen LogP contribution >= 0.6 is 11.3 Å². The summed E-state index contributed by atoms with van der Waals surface area (Å²) in [6, 6.07) is 11.4. The Morgan fingerprint density at radius 3 is 2.69 bits per heavy atom. The van der Waals surface area contributed by atoms with Crippen molar-refractivity contribution in [2.45, 2.75) is 33.3 Å². The molecule has 1 atom stereocenters. The van der Waals surface area contributed by atoms with E-state index in [1.54, 1.807) is 17.7 Å². The zero-order valence-electron chi connectivity index (χ0n) is 15.3. The zero-order chi connectivity index (χ0) is 18.8. The molecule has 0 saturated carbocycles. The standard InChI is InChI=1S/C20H22N2O3S/c1-5-16(25-17-9-6-12(2)10-13(17)3)19(23)21-14-7-8-15-18(11-14)26-20(24)22(15)4/h6-11,16H,5H2,1-4H3,(H,21,23)/t16-/m1/s1. The first-order chi connectivity index (χ1) is 12.4. The maximum Gasteiger partial charge on any atom is 0.307 e. The highest BCUT2D eigenvalue weighted by molar-refractivity contribution is 7.16. The Kier molecular flexibility index (Phi) is 5.13. The van der Waals surface area contributed by atoms with Crippen LogP contribution < -0.4 is 14.9 Å². The summed E-state index contributed by atoms with van der Waals surface area (Å²) in [5.74, 6) is 0.518. The van der Waals surface area contributed by atoms with Crippen LogP contribution in [0, 0.1) is 13.8 Å². The van der Waals surface area contributed by atoms with E-state index in [9.17, 15) is 9.59 Å². The fourth-order valence-corrected chi connectivity index (χ4v) is 3.76. The third-order valence-corrected chi connectivity index (χ3v) is 5.32. The molecule has 26 heavy (non-hydrogen) atoms. The fraction of sp³-hybridized carbons (Fsp3) is 0.300. The summed E-state index contributed by atoms with van der Waals surface area (Å²) < 4.78 is 8.38. The number of aromatic nitrogens is 1. The minimum atomic E-state index is -0.582. The van der Waals surface area contributed by atoms with E-state index in [1.165, 1.54) is 0 Å². The van der Waals surface area contributed by atoms with E-state index >= 15 is 0 Å². The lowest BCUT2D eigenvalue weighted by Crippen LogP contribution is -2.32. The summed E-state index contributed by atoms with van der Waals surface area (Å²) in [6.07, 6.45) is -0.0262. The van der Waals surface area contributed by atoms with Crippen LogP contribution in [0.5, 0.6) is 5.75 Å². The van der Waals surface area contributed by atoms with Crippen LogP contribution in [0.4, 0.5) is 5.69 Å². The van der Waals surface area contributed by atoms with Crippen molar-refractivity contribution in [1.82, 2.24) is 4.57 Å². The van der Waals surface area contributed by atoms with Gasteiger partial charge in [-0.1, -0.05) is 36.0 Å². The molecule has 0 saturated heterocycles. The first-order valence-corrected chi connectivity index (χ1v) is 9.35. The number of thiazole rings is 1. The third kappa shape index (κ3) is 3.65. The third-order valence-electron chi connectivity index (χ3n) is 4.32. The second kappa shape index (κ2) is 7.33. The lowest BCUT2D eigenvalue weighted by Gasteiger charge is -2.19. The van der Waals surface area contributed by atoms with Gasteiger partial charge < -0.3 is 14.6 Å². The number of carbonyl (C=O) groups excluding carboxylic acids is 1. The maximum absolute atomic E-state index is 12.6. The Hall–Kier alpha value is -2.60. The topological polar surface area (TPSA) is 60.3 Å². The molecule has 0 spiro atoms. The second-order valence-corrected chi connectivity index (χ2v) is 7.38. The molecular weight excluding hydrogens is 348 g/mol. The van der Waals surface area contributed by atoms with Crippen LogP contribution in [0.25, 0.3) is 10.2 Å². The van der Waals surface area contributed by atoms with Gasteiger partial charge in [-0.25, -0.2) is 0 Å². The minimum Gasteiger partial charge on any atom is -0.480 e. The molecule has 0 fully saturated rings. The molecule has 2 aromatic carbocycles. The highest BCUT2D eigenvalue weighted by atomic mass is 32.1. The van der Waals surface area contributed by atoms with Gasteiger partial charge in [0.05, 0.1) is 10.2 Å². The molecule has 6 heteroatoms. The van der Waals surface area contributed by atoms with Gasteiger partial charge >= 0.3 is 4.87 Å². The molecule has 3 aromatic rings. The number of nitrogens with zero attached hydrogens (tertiary/aromatic N) is 1.